The number of aldehydes is 1. The van der Waals surface area contributed by atoms with Gasteiger partial charge in [0.2, 0.25) is 0 Å². The average molecular weight is 592 g/mol. The second-order valence-corrected chi connectivity index (χ2v) is 8.94. The molecule has 10 nitrogen and oxygen atoms in total. The summed E-state index contributed by atoms with van der Waals surface area (Å²) in [7, 11) is 0. The number of hydrogen-bond donors (Lipinski definition) is 1. The van der Waals surface area contributed by atoms with Crippen molar-refractivity contribution in [2.45, 2.75) is 86.7 Å². The number of ether oxygens (including phenoxy) is 3. The molecule has 2 rings (SSSR count). The lowest BCUT2D eigenvalue weighted by molar-refractivity contribution is -0.160. The second kappa shape index (κ2) is 21.4. The Hall–Kier alpha value is -4.41. The number of halogens is 1. The second-order valence-electron chi connectivity index (χ2n) is 8.94. The van der Waals surface area contributed by atoms with Gasteiger partial charge in [-0.05, 0) is 52.3 Å². The van der Waals surface area contributed by atoms with E-state index in [1.165, 1.54) is 52.0 Å². The topological polar surface area (TPSA) is 142 Å². The summed E-state index contributed by atoms with van der Waals surface area (Å²) in [5.41, 5.74) is 0.414. The van der Waals surface area contributed by atoms with Crippen molar-refractivity contribution in [3.05, 3.63) is 71.5 Å². The highest BCUT2D eigenvalue weighted by Crippen LogP contribution is 2.19. The summed E-state index contributed by atoms with van der Waals surface area (Å²) in [6.07, 6.45) is -0.884. The van der Waals surface area contributed by atoms with Gasteiger partial charge in [0.25, 0.3) is 0 Å². The van der Waals surface area contributed by atoms with Crippen LogP contribution in [0.3, 0.4) is 0 Å². The molecule has 0 bridgehead atoms. The van der Waals surface area contributed by atoms with Crippen LogP contribution in [0.4, 0.5) is 9.18 Å². The summed E-state index contributed by atoms with van der Waals surface area (Å²) < 4.78 is 27.1. The van der Waals surface area contributed by atoms with Crippen LogP contribution >= 0.6 is 0 Å². The molecule has 0 aliphatic heterocycles. The Balaban J connectivity index is 0. The van der Waals surface area contributed by atoms with Gasteiger partial charge in [0.15, 0.2) is 23.3 Å². The van der Waals surface area contributed by atoms with E-state index in [1.54, 1.807) is 20.8 Å². The molecule has 42 heavy (non-hydrogen) atoms. The third-order valence-electron chi connectivity index (χ3n) is 4.83. The Morgan fingerprint density at radius 1 is 0.881 bits per heavy atom. The molecule has 0 saturated heterocycles. The first-order chi connectivity index (χ1) is 19.6. The summed E-state index contributed by atoms with van der Waals surface area (Å²) in [4.78, 5) is 64.4. The van der Waals surface area contributed by atoms with Crippen molar-refractivity contribution < 1.29 is 47.4 Å². The van der Waals surface area contributed by atoms with Crippen molar-refractivity contribution in [3.63, 3.8) is 0 Å². The van der Waals surface area contributed by atoms with E-state index in [9.17, 15) is 33.2 Å². The fourth-order valence-corrected chi connectivity index (χ4v) is 2.61. The van der Waals surface area contributed by atoms with Crippen LogP contribution in [0.25, 0.3) is 0 Å². The van der Waals surface area contributed by atoms with Crippen LogP contribution in [0.5, 0.6) is 0 Å². The summed E-state index contributed by atoms with van der Waals surface area (Å²) in [5, 5.41) is 2.37. The zero-order valence-corrected chi connectivity index (χ0v) is 25.7. The molecule has 1 N–H and O–H groups in total. The van der Waals surface area contributed by atoms with Crippen LogP contribution in [-0.4, -0.2) is 47.5 Å². The molecule has 1 amide bonds. The van der Waals surface area contributed by atoms with Crippen LogP contribution < -0.4 is 5.32 Å². The van der Waals surface area contributed by atoms with Crippen molar-refractivity contribution >= 4 is 35.9 Å². The summed E-state index contributed by atoms with van der Waals surface area (Å²) in [6, 6.07) is 14.1. The van der Waals surface area contributed by atoms with Gasteiger partial charge in [0.05, 0.1) is 6.04 Å². The highest BCUT2D eigenvalue weighted by molar-refractivity contribution is 5.86. The van der Waals surface area contributed by atoms with Gasteiger partial charge in [-0.15, -0.1) is 0 Å². The molecule has 0 aromatic heterocycles. The van der Waals surface area contributed by atoms with Crippen molar-refractivity contribution in [2.24, 2.45) is 0 Å². The Kier molecular flexibility index (Phi) is 20.2. The van der Waals surface area contributed by atoms with Crippen LogP contribution in [0.1, 0.15) is 79.5 Å². The molecule has 0 aliphatic rings. The van der Waals surface area contributed by atoms with Gasteiger partial charge in [-0.25, -0.2) is 9.18 Å². The number of esters is 2. The van der Waals surface area contributed by atoms with E-state index >= 15 is 0 Å². The van der Waals surface area contributed by atoms with E-state index < -0.39 is 41.6 Å². The number of nitrogens with one attached hydrogen (secondary N) is 1. The van der Waals surface area contributed by atoms with Gasteiger partial charge in [-0.2, -0.15) is 0 Å². The minimum Gasteiger partial charge on any atom is -0.452 e. The molecule has 0 radical (unpaired) electrons. The molecule has 0 fully saturated rings. The Bertz CT molecular complexity index is 1130. The lowest BCUT2D eigenvalue weighted by atomic mass is 10.1. The Morgan fingerprint density at radius 2 is 1.40 bits per heavy atom. The van der Waals surface area contributed by atoms with Crippen molar-refractivity contribution in [2.75, 3.05) is 0 Å². The molecular formula is C31H42FNO9. The number of benzene rings is 2. The molecule has 2 unspecified atom stereocenters. The number of Topliss-reactive ketones (excluding diaryl/α,β-unsaturated/α-hetero) is 2. The third-order valence-corrected chi connectivity index (χ3v) is 4.83. The Morgan fingerprint density at radius 3 is 1.79 bits per heavy atom. The average Bonchev–Trinajstić information content (AvgIpc) is 2.92. The molecule has 0 saturated carbocycles. The van der Waals surface area contributed by atoms with Gasteiger partial charge in [-0.1, -0.05) is 56.3 Å². The SMILES string of the molecule is CC.CC(=O)OC(C(C)=O)c1ccc(F)cc1.CC(=O)OC(C)(C)C(C)=O.CC(C=O)NC(=O)OCc1ccccc1. The first-order valence-electron chi connectivity index (χ1n) is 13.1. The maximum Gasteiger partial charge on any atom is 0.408 e. The monoisotopic (exact) mass is 591 g/mol. The number of carbonyl (C=O) groups is 6. The van der Waals surface area contributed by atoms with Crippen molar-refractivity contribution in [1.82, 2.24) is 5.32 Å². The van der Waals surface area contributed by atoms with E-state index in [2.05, 4.69) is 5.32 Å². The first kappa shape index (κ1) is 39.7. The number of amides is 1. The normalized spacial score (nSPS) is 11.1. The van der Waals surface area contributed by atoms with E-state index in [0.29, 0.717) is 11.8 Å². The van der Waals surface area contributed by atoms with Gasteiger partial charge in [-0.3, -0.25) is 19.2 Å². The fraction of sp³-hybridized carbons (Fsp3) is 0.419. The highest BCUT2D eigenvalue weighted by atomic mass is 19.1. The standard InChI is InChI=1S/C11H11FO3.C11H13NO3.C7H12O3.C2H6/c1-7(13)11(15-8(2)14)9-3-5-10(12)6-4-9;1-9(7-13)12-11(14)15-8-10-5-3-2-4-6-10;1-5(8)7(3,4)10-6(2)9;1-2/h3-6,11H,1-2H3;2-7,9H,8H2,1H3,(H,12,14);1-4H3;1-2H3. The number of rotatable bonds is 9. The number of carbonyl (C=O) groups excluding carboxylic acids is 6. The van der Waals surface area contributed by atoms with Gasteiger partial charge < -0.3 is 24.3 Å². The lowest BCUT2D eigenvalue weighted by Crippen LogP contribution is -2.34. The van der Waals surface area contributed by atoms with E-state index in [1.807, 2.05) is 44.2 Å². The van der Waals surface area contributed by atoms with Gasteiger partial charge in [0.1, 0.15) is 18.7 Å². The predicted octanol–water partition coefficient (Wildman–Crippen LogP) is 5.46. The predicted molar refractivity (Wildman–Crippen MR) is 155 cm³/mol. The molecule has 2 atom stereocenters. The smallest absolute Gasteiger partial charge is 0.408 e. The number of hydrogen-bond acceptors (Lipinski definition) is 9. The lowest BCUT2D eigenvalue weighted by Gasteiger charge is -2.20. The third kappa shape index (κ3) is 18.8. The minimum atomic E-state index is -0.966. The number of alkyl carbamates (subject to hydrolysis) is 1. The summed E-state index contributed by atoms with van der Waals surface area (Å²) >= 11 is 0. The number of ketones is 2. The van der Waals surface area contributed by atoms with E-state index in [0.717, 1.165) is 5.56 Å². The molecular weight excluding hydrogens is 549 g/mol. The highest BCUT2D eigenvalue weighted by Gasteiger charge is 2.26. The first-order valence-corrected chi connectivity index (χ1v) is 13.1. The quantitative estimate of drug-likeness (QED) is 0.228. The largest absolute Gasteiger partial charge is 0.452 e. The van der Waals surface area contributed by atoms with E-state index in [-0.39, 0.29) is 18.2 Å². The van der Waals surface area contributed by atoms with Crippen LogP contribution in [-0.2, 0) is 44.8 Å². The molecule has 11 heteroatoms. The maximum atomic E-state index is 12.6. The van der Waals surface area contributed by atoms with Crippen molar-refractivity contribution in [3.8, 4) is 0 Å². The summed E-state index contributed by atoms with van der Waals surface area (Å²) in [5.74, 6) is -1.82. The minimum absolute atomic E-state index is 0.150. The van der Waals surface area contributed by atoms with E-state index in [4.69, 9.17) is 14.2 Å². The maximum absolute atomic E-state index is 12.6. The van der Waals surface area contributed by atoms with Crippen molar-refractivity contribution in [1.29, 1.82) is 0 Å². The molecule has 0 heterocycles. The molecule has 2 aromatic rings. The molecule has 0 spiro atoms. The molecule has 0 aliphatic carbocycles. The van der Waals surface area contributed by atoms with Crippen LogP contribution in [0, 0.1) is 5.82 Å². The fourth-order valence-electron chi connectivity index (χ4n) is 2.61. The molecule has 2 aromatic carbocycles. The summed E-state index contributed by atoms with van der Waals surface area (Å²) in [6.45, 7) is 14.1. The van der Waals surface area contributed by atoms with Crippen LogP contribution in [0.15, 0.2) is 54.6 Å². The zero-order valence-electron chi connectivity index (χ0n) is 25.7. The Labute approximate surface area is 246 Å². The van der Waals surface area contributed by atoms with Crippen LogP contribution in [0.2, 0.25) is 0 Å². The zero-order chi connectivity index (χ0) is 32.9. The van der Waals surface area contributed by atoms with Gasteiger partial charge >= 0.3 is 18.0 Å². The molecule has 232 valence electrons. The van der Waals surface area contributed by atoms with Gasteiger partial charge in [0, 0.05) is 19.4 Å².